The second kappa shape index (κ2) is 3.85. The van der Waals surface area contributed by atoms with Crippen LogP contribution in [0.25, 0.3) is 0 Å². The monoisotopic (exact) mass is 169 g/mol. The molecule has 1 fully saturated rings. The van der Waals surface area contributed by atoms with Gasteiger partial charge in [-0.2, -0.15) is 5.10 Å². The van der Waals surface area contributed by atoms with E-state index in [1.54, 1.807) is 6.21 Å². The van der Waals surface area contributed by atoms with Crippen molar-refractivity contribution in [1.29, 1.82) is 0 Å². The highest BCUT2D eigenvalue weighted by molar-refractivity contribution is 6.02. The van der Waals surface area contributed by atoms with Crippen LogP contribution >= 0.6 is 0 Å². The summed E-state index contributed by atoms with van der Waals surface area (Å²) in [5.74, 6) is -0.299. The average molecular weight is 169 g/mol. The molecule has 0 aliphatic carbocycles. The molecule has 0 saturated carbocycles. The van der Waals surface area contributed by atoms with Crippen LogP contribution in [-0.2, 0) is 4.79 Å². The molecule has 0 aromatic heterocycles. The Bertz CT molecular complexity index is 209. The van der Waals surface area contributed by atoms with Crippen LogP contribution < -0.4 is 5.32 Å². The van der Waals surface area contributed by atoms with Crippen LogP contribution in [0.15, 0.2) is 5.10 Å². The van der Waals surface area contributed by atoms with Gasteiger partial charge in [0.25, 0.3) is 5.91 Å². The van der Waals surface area contributed by atoms with Crippen molar-refractivity contribution in [3.05, 3.63) is 0 Å². The number of rotatable bonds is 3. The summed E-state index contributed by atoms with van der Waals surface area (Å²) >= 11 is 0. The number of amides is 3. The molecule has 0 spiro atoms. The molecule has 0 aromatic rings. The Labute approximate surface area is 70.4 Å². The fourth-order valence-electron chi connectivity index (χ4n) is 0.800. The highest BCUT2D eigenvalue weighted by atomic mass is 16.2. The zero-order valence-electron chi connectivity index (χ0n) is 6.91. The third-order valence-electron chi connectivity index (χ3n) is 1.43. The fraction of sp³-hybridized carbons (Fsp3) is 0.571. The van der Waals surface area contributed by atoms with E-state index in [-0.39, 0.29) is 12.5 Å². The van der Waals surface area contributed by atoms with Crippen LogP contribution in [0, 0.1) is 0 Å². The molecule has 1 aliphatic heterocycles. The summed E-state index contributed by atoms with van der Waals surface area (Å²) < 4.78 is 0. The summed E-state index contributed by atoms with van der Waals surface area (Å²) in [6, 6.07) is -0.438. The summed E-state index contributed by atoms with van der Waals surface area (Å²) in [7, 11) is 0. The first-order chi connectivity index (χ1) is 5.75. The van der Waals surface area contributed by atoms with E-state index in [9.17, 15) is 9.59 Å². The summed E-state index contributed by atoms with van der Waals surface area (Å²) in [6.07, 6.45) is 3.30. The molecule has 1 saturated heterocycles. The van der Waals surface area contributed by atoms with Crippen molar-refractivity contribution >= 4 is 18.2 Å². The van der Waals surface area contributed by atoms with E-state index in [0.717, 1.165) is 17.9 Å². The molecule has 1 aliphatic rings. The number of carbonyl (C=O) groups excluding carboxylic acids is 2. The lowest BCUT2D eigenvalue weighted by atomic mass is 10.4. The molecule has 1 heterocycles. The maximum atomic E-state index is 10.9. The molecule has 5 heteroatoms. The number of urea groups is 1. The van der Waals surface area contributed by atoms with Crippen molar-refractivity contribution < 1.29 is 9.59 Å². The van der Waals surface area contributed by atoms with Gasteiger partial charge >= 0.3 is 6.03 Å². The number of nitrogens with one attached hydrogen (secondary N) is 1. The minimum absolute atomic E-state index is 0.0578. The highest BCUT2D eigenvalue weighted by Gasteiger charge is 2.27. The van der Waals surface area contributed by atoms with Gasteiger partial charge in [-0.05, 0) is 6.42 Å². The first-order valence-electron chi connectivity index (χ1n) is 3.89. The van der Waals surface area contributed by atoms with Gasteiger partial charge in [-0.25, -0.2) is 4.79 Å². The van der Waals surface area contributed by atoms with Gasteiger partial charge in [0, 0.05) is 6.21 Å². The molecule has 1 rings (SSSR count). The summed E-state index contributed by atoms with van der Waals surface area (Å²) in [4.78, 5) is 21.8. The summed E-state index contributed by atoms with van der Waals surface area (Å²) in [5, 5.41) is 6.95. The number of nitrogens with zero attached hydrogens (tertiary/aromatic N) is 2. The molecular weight excluding hydrogens is 158 g/mol. The molecule has 5 nitrogen and oxygen atoms in total. The van der Waals surface area contributed by atoms with E-state index in [1.165, 1.54) is 0 Å². The zero-order chi connectivity index (χ0) is 8.97. The van der Waals surface area contributed by atoms with Crippen LogP contribution in [0.4, 0.5) is 4.79 Å². The molecule has 0 radical (unpaired) electrons. The number of unbranched alkanes of at least 4 members (excludes halogenated alkanes) is 1. The summed E-state index contributed by atoms with van der Waals surface area (Å²) in [5.41, 5.74) is 0. The predicted molar refractivity (Wildman–Crippen MR) is 43.6 cm³/mol. The number of carbonyl (C=O) groups is 2. The quantitative estimate of drug-likeness (QED) is 0.488. The second-order valence-electron chi connectivity index (χ2n) is 2.45. The third-order valence-corrected chi connectivity index (χ3v) is 1.43. The van der Waals surface area contributed by atoms with Crippen LogP contribution in [0.5, 0.6) is 0 Å². The zero-order valence-corrected chi connectivity index (χ0v) is 6.91. The lowest BCUT2D eigenvalue weighted by Gasteiger charge is -2.02. The maximum Gasteiger partial charge on any atom is 0.345 e. The van der Waals surface area contributed by atoms with Crippen LogP contribution in [0.1, 0.15) is 19.8 Å². The summed E-state index contributed by atoms with van der Waals surface area (Å²) in [6.45, 7) is 2.06. The van der Waals surface area contributed by atoms with Crippen molar-refractivity contribution in [2.24, 2.45) is 5.10 Å². The van der Waals surface area contributed by atoms with Crippen molar-refractivity contribution in [2.45, 2.75) is 19.8 Å². The normalized spacial score (nSPS) is 17.6. The Morgan fingerprint density at radius 1 is 1.67 bits per heavy atom. The SMILES string of the molecule is CCC/C=N/N1C(=O)CNC1=O. The smallest absolute Gasteiger partial charge is 0.327 e. The van der Waals surface area contributed by atoms with E-state index in [4.69, 9.17) is 0 Å². The standard InChI is InChI=1S/C7H11N3O2/c1-2-3-4-9-10-6(11)5-8-7(10)12/h4H,2-3,5H2,1H3,(H,8,12)/b9-4+. The molecule has 0 atom stereocenters. The van der Waals surface area contributed by atoms with Gasteiger partial charge in [-0.3, -0.25) is 4.79 Å². The van der Waals surface area contributed by atoms with E-state index < -0.39 is 6.03 Å². The lowest BCUT2D eigenvalue weighted by Crippen LogP contribution is -2.25. The van der Waals surface area contributed by atoms with Gasteiger partial charge in [0.2, 0.25) is 0 Å². The van der Waals surface area contributed by atoms with Gasteiger partial charge in [0.15, 0.2) is 0 Å². The van der Waals surface area contributed by atoms with E-state index in [2.05, 4.69) is 10.4 Å². The molecule has 0 aromatic carbocycles. The van der Waals surface area contributed by atoms with Crippen LogP contribution in [0.3, 0.4) is 0 Å². The molecule has 3 amide bonds. The molecule has 0 bridgehead atoms. The first-order valence-corrected chi connectivity index (χ1v) is 3.89. The average Bonchev–Trinajstić information content (AvgIpc) is 2.35. The Kier molecular flexibility index (Phi) is 2.79. The number of imide groups is 1. The minimum atomic E-state index is -0.438. The van der Waals surface area contributed by atoms with Crippen molar-refractivity contribution in [2.75, 3.05) is 6.54 Å². The molecular formula is C7H11N3O2. The molecule has 0 unspecified atom stereocenters. The Balaban J connectivity index is 2.50. The number of hydrazone groups is 1. The Morgan fingerprint density at radius 3 is 2.92 bits per heavy atom. The van der Waals surface area contributed by atoms with Crippen molar-refractivity contribution in [3.8, 4) is 0 Å². The maximum absolute atomic E-state index is 10.9. The molecule has 66 valence electrons. The third kappa shape index (κ3) is 1.81. The van der Waals surface area contributed by atoms with Crippen molar-refractivity contribution in [3.63, 3.8) is 0 Å². The van der Waals surface area contributed by atoms with Crippen LogP contribution in [0.2, 0.25) is 0 Å². The Morgan fingerprint density at radius 2 is 2.42 bits per heavy atom. The largest absolute Gasteiger partial charge is 0.345 e. The van der Waals surface area contributed by atoms with E-state index >= 15 is 0 Å². The molecule has 12 heavy (non-hydrogen) atoms. The first kappa shape index (κ1) is 8.70. The number of hydrogen-bond acceptors (Lipinski definition) is 3. The fourth-order valence-corrected chi connectivity index (χ4v) is 0.800. The van der Waals surface area contributed by atoms with Crippen molar-refractivity contribution in [1.82, 2.24) is 10.3 Å². The minimum Gasteiger partial charge on any atom is -0.327 e. The van der Waals surface area contributed by atoms with Gasteiger partial charge in [-0.15, -0.1) is 5.01 Å². The van der Waals surface area contributed by atoms with Crippen LogP contribution in [-0.4, -0.2) is 29.7 Å². The second-order valence-corrected chi connectivity index (χ2v) is 2.45. The number of hydrogen-bond donors (Lipinski definition) is 1. The van der Waals surface area contributed by atoms with Gasteiger partial charge < -0.3 is 5.32 Å². The van der Waals surface area contributed by atoms with Gasteiger partial charge in [-0.1, -0.05) is 13.3 Å². The van der Waals surface area contributed by atoms with Gasteiger partial charge in [0.05, 0.1) is 0 Å². The Hall–Kier alpha value is -1.39. The van der Waals surface area contributed by atoms with E-state index in [1.807, 2.05) is 6.92 Å². The molecule has 1 N–H and O–H groups in total. The highest BCUT2D eigenvalue weighted by Crippen LogP contribution is 1.98. The van der Waals surface area contributed by atoms with E-state index in [0.29, 0.717) is 0 Å². The predicted octanol–water partition coefficient (Wildman–Crippen LogP) is 0.324. The lowest BCUT2D eigenvalue weighted by molar-refractivity contribution is -0.124. The van der Waals surface area contributed by atoms with Gasteiger partial charge in [0.1, 0.15) is 6.54 Å². The topological polar surface area (TPSA) is 61.8 Å².